The fourth-order valence-electron chi connectivity index (χ4n) is 1.45. The first-order valence-corrected chi connectivity index (χ1v) is 5.85. The molecule has 1 rings (SSSR count). The van der Waals surface area contributed by atoms with E-state index in [4.69, 9.17) is 0 Å². The monoisotopic (exact) mass is 220 g/mol. The molecule has 16 heavy (non-hydrogen) atoms. The molecular weight excluding hydrogens is 200 g/mol. The molecule has 1 aromatic carbocycles. The van der Waals surface area contributed by atoms with Crippen molar-refractivity contribution in [3.63, 3.8) is 0 Å². The molecule has 0 aliphatic heterocycles. The minimum absolute atomic E-state index is 0.0155. The van der Waals surface area contributed by atoms with E-state index in [1.54, 1.807) is 0 Å². The van der Waals surface area contributed by atoms with Crippen molar-refractivity contribution >= 4 is 11.6 Å². The van der Waals surface area contributed by atoms with E-state index >= 15 is 0 Å². The van der Waals surface area contributed by atoms with Crippen molar-refractivity contribution in [3.05, 3.63) is 29.8 Å². The number of aryl methyl sites for hydroxylation is 1. The summed E-state index contributed by atoms with van der Waals surface area (Å²) in [5.74, 6) is 0.0155. The number of nitrogens with one attached hydrogen (secondary N) is 2. The molecule has 3 nitrogen and oxygen atoms in total. The van der Waals surface area contributed by atoms with Gasteiger partial charge in [0.05, 0.1) is 6.54 Å². The van der Waals surface area contributed by atoms with Gasteiger partial charge in [-0.05, 0) is 37.1 Å². The summed E-state index contributed by atoms with van der Waals surface area (Å²) in [6.45, 7) is 5.44. The fourth-order valence-corrected chi connectivity index (χ4v) is 1.45. The van der Waals surface area contributed by atoms with Gasteiger partial charge in [-0.3, -0.25) is 4.79 Å². The summed E-state index contributed by atoms with van der Waals surface area (Å²) in [6.07, 6.45) is 2.02. The average Bonchev–Trinajstić information content (AvgIpc) is 2.29. The molecule has 0 bridgehead atoms. The van der Waals surface area contributed by atoms with Crippen LogP contribution in [0.25, 0.3) is 0 Å². The lowest BCUT2D eigenvalue weighted by atomic mass is 10.1. The molecule has 1 aromatic rings. The number of carbonyl (C=O) groups excluding carboxylic acids is 1. The molecule has 0 heterocycles. The third kappa shape index (κ3) is 4.45. The summed E-state index contributed by atoms with van der Waals surface area (Å²) in [4.78, 5) is 11.5. The predicted octanol–water partition coefficient (Wildman–Crippen LogP) is 2.19. The van der Waals surface area contributed by atoms with Crippen molar-refractivity contribution in [3.8, 4) is 0 Å². The maximum Gasteiger partial charge on any atom is 0.238 e. The van der Waals surface area contributed by atoms with Gasteiger partial charge in [0.2, 0.25) is 5.91 Å². The first-order valence-electron chi connectivity index (χ1n) is 5.85. The minimum Gasteiger partial charge on any atom is -0.325 e. The summed E-state index contributed by atoms with van der Waals surface area (Å²) in [7, 11) is 0. The Morgan fingerprint density at radius 3 is 2.81 bits per heavy atom. The Kier molecular flexibility index (Phi) is 5.57. The molecule has 0 aromatic heterocycles. The lowest BCUT2D eigenvalue weighted by molar-refractivity contribution is -0.115. The molecule has 0 radical (unpaired) electrons. The van der Waals surface area contributed by atoms with Crippen LogP contribution in [0.2, 0.25) is 0 Å². The molecule has 0 spiro atoms. The molecule has 2 N–H and O–H groups in total. The van der Waals surface area contributed by atoms with Gasteiger partial charge in [-0.2, -0.15) is 0 Å². The van der Waals surface area contributed by atoms with E-state index in [9.17, 15) is 4.79 Å². The number of benzene rings is 1. The van der Waals surface area contributed by atoms with Crippen LogP contribution in [0.1, 0.15) is 25.8 Å². The zero-order chi connectivity index (χ0) is 11.8. The Morgan fingerprint density at radius 1 is 1.31 bits per heavy atom. The minimum atomic E-state index is 0.0155. The van der Waals surface area contributed by atoms with Gasteiger partial charge in [-0.25, -0.2) is 0 Å². The normalized spacial score (nSPS) is 10.1. The Morgan fingerprint density at radius 2 is 2.12 bits per heavy atom. The van der Waals surface area contributed by atoms with Crippen molar-refractivity contribution < 1.29 is 4.79 Å². The van der Waals surface area contributed by atoms with Crippen molar-refractivity contribution in [1.82, 2.24) is 5.32 Å². The average molecular weight is 220 g/mol. The summed E-state index contributed by atoms with van der Waals surface area (Å²) in [6, 6.07) is 7.95. The molecule has 0 fully saturated rings. The van der Waals surface area contributed by atoms with Gasteiger partial charge in [-0.1, -0.05) is 26.0 Å². The first kappa shape index (κ1) is 12.7. The molecule has 0 aliphatic carbocycles. The van der Waals surface area contributed by atoms with Crippen LogP contribution in [0.4, 0.5) is 5.69 Å². The summed E-state index contributed by atoms with van der Waals surface area (Å²) in [5.41, 5.74) is 2.11. The smallest absolute Gasteiger partial charge is 0.238 e. The molecule has 3 heteroatoms. The van der Waals surface area contributed by atoms with Crippen molar-refractivity contribution in [2.45, 2.75) is 26.7 Å². The lowest BCUT2D eigenvalue weighted by Crippen LogP contribution is -2.28. The van der Waals surface area contributed by atoms with E-state index in [0.717, 1.165) is 25.1 Å². The molecule has 0 aliphatic rings. The highest BCUT2D eigenvalue weighted by Gasteiger charge is 2.01. The van der Waals surface area contributed by atoms with Crippen LogP contribution in [0.5, 0.6) is 0 Å². The third-order valence-corrected chi connectivity index (χ3v) is 2.33. The van der Waals surface area contributed by atoms with Crippen LogP contribution in [0, 0.1) is 0 Å². The number of amides is 1. The summed E-state index contributed by atoms with van der Waals surface area (Å²) in [5, 5.41) is 5.95. The van der Waals surface area contributed by atoms with Crippen molar-refractivity contribution in [1.29, 1.82) is 0 Å². The number of rotatable bonds is 6. The number of hydrogen-bond donors (Lipinski definition) is 2. The Bertz CT molecular complexity index is 336. The number of anilines is 1. The summed E-state index contributed by atoms with van der Waals surface area (Å²) >= 11 is 0. The zero-order valence-corrected chi connectivity index (χ0v) is 10.0. The highest BCUT2D eigenvalue weighted by molar-refractivity contribution is 5.92. The van der Waals surface area contributed by atoms with Crippen LogP contribution in [0.15, 0.2) is 24.3 Å². The molecular formula is C13H20N2O. The largest absolute Gasteiger partial charge is 0.325 e. The van der Waals surface area contributed by atoms with E-state index in [2.05, 4.69) is 30.5 Å². The maximum atomic E-state index is 11.5. The second-order valence-electron chi connectivity index (χ2n) is 3.78. The van der Waals surface area contributed by atoms with Crippen LogP contribution in [-0.4, -0.2) is 19.0 Å². The van der Waals surface area contributed by atoms with Gasteiger partial charge >= 0.3 is 0 Å². The molecule has 0 saturated heterocycles. The maximum absolute atomic E-state index is 11.5. The standard InChI is InChI=1S/C13H20N2O/c1-3-8-14-10-13(16)15-12-7-5-6-11(4-2)9-12/h5-7,9,14H,3-4,8,10H2,1-2H3,(H,15,16). The van der Waals surface area contributed by atoms with Gasteiger partial charge in [-0.15, -0.1) is 0 Å². The molecule has 88 valence electrons. The van der Waals surface area contributed by atoms with Gasteiger partial charge in [0.25, 0.3) is 0 Å². The number of hydrogen-bond acceptors (Lipinski definition) is 2. The van der Waals surface area contributed by atoms with E-state index in [1.807, 2.05) is 18.2 Å². The second-order valence-corrected chi connectivity index (χ2v) is 3.78. The molecule has 1 amide bonds. The highest BCUT2D eigenvalue weighted by atomic mass is 16.1. The molecule has 0 saturated carbocycles. The highest BCUT2D eigenvalue weighted by Crippen LogP contribution is 2.10. The Labute approximate surface area is 97.2 Å². The van der Waals surface area contributed by atoms with E-state index in [0.29, 0.717) is 6.54 Å². The van der Waals surface area contributed by atoms with Crippen LogP contribution in [0.3, 0.4) is 0 Å². The van der Waals surface area contributed by atoms with Crippen molar-refractivity contribution in [2.24, 2.45) is 0 Å². The van der Waals surface area contributed by atoms with Gasteiger partial charge in [0, 0.05) is 5.69 Å². The quantitative estimate of drug-likeness (QED) is 0.721. The number of carbonyl (C=O) groups is 1. The van der Waals surface area contributed by atoms with Crippen LogP contribution < -0.4 is 10.6 Å². The topological polar surface area (TPSA) is 41.1 Å². The van der Waals surface area contributed by atoms with E-state index in [-0.39, 0.29) is 5.91 Å². The second kappa shape index (κ2) is 7.01. The molecule has 0 atom stereocenters. The van der Waals surface area contributed by atoms with E-state index < -0.39 is 0 Å². The first-order chi connectivity index (χ1) is 7.76. The SMILES string of the molecule is CCCNCC(=O)Nc1cccc(CC)c1. The van der Waals surface area contributed by atoms with Gasteiger partial charge in [0.15, 0.2) is 0 Å². The van der Waals surface area contributed by atoms with Crippen LogP contribution in [-0.2, 0) is 11.2 Å². The van der Waals surface area contributed by atoms with Crippen LogP contribution >= 0.6 is 0 Å². The third-order valence-electron chi connectivity index (χ3n) is 2.33. The summed E-state index contributed by atoms with van der Waals surface area (Å²) < 4.78 is 0. The Hall–Kier alpha value is -1.35. The zero-order valence-electron chi connectivity index (χ0n) is 10.0. The van der Waals surface area contributed by atoms with Crippen molar-refractivity contribution in [2.75, 3.05) is 18.4 Å². The van der Waals surface area contributed by atoms with Gasteiger partial charge in [0.1, 0.15) is 0 Å². The van der Waals surface area contributed by atoms with Gasteiger partial charge < -0.3 is 10.6 Å². The molecule has 0 unspecified atom stereocenters. The fraction of sp³-hybridized carbons (Fsp3) is 0.462. The predicted molar refractivity (Wildman–Crippen MR) is 67.6 cm³/mol. The van der Waals surface area contributed by atoms with E-state index in [1.165, 1.54) is 5.56 Å². The Balaban J connectivity index is 2.43. The lowest BCUT2D eigenvalue weighted by Gasteiger charge is -2.07.